The molecule has 4 heterocycles. The van der Waals surface area contributed by atoms with E-state index in [1.807, 2.05) is 68.9 Å². The standard InChI is InChI=1S/C19H19N5O3.C10H13NO2.C3H8.C2H6/c1-4-12(10-24-8-7-20-11(24)2)13-5-6-15-14(21-13)9-16(27-15)19(3)17(25)22-18(26)23-19;1-7-4-5-8(13-3)6-9(7)10(12)11-2;1-3-2;1-2/h5-10H,4H2,1-3H3,(H2,22,23,25,26);4-6H,1-3H3,(H,11,12);3H2,1-2H3;1-2H3/b12-10+;;;. The molecule has 0 radical (unpaired) electrons. The molecule has 4 amide bonds. The van der Waals surface area contributed by atoms with Gasteiger partial charge in [0.05, 0.1) is 12.8 Å². The third-order valence-corrected chi connectivity index (χ3v) is 6.69. The Kier molecular flexibility index (Phi) is 13.5. The van der Waals surface area contributed by atoms with Gasteiger partial charge in [0, 0.05) is 37.3 Å². The van der Waals surface area contributed by atoms with Crippen LogP contribution < -0.4 is 20.7 Å². The van der Waals surface area contributed by atoms with Crippen LogP contribution in [0.3, 0.4) is 0 Å². The van der Waals surface area contributed by atoms with Gasteiger partial charge in [0.2, 0.25) is 0 Å². The molecule has 1 saturated heterocycles. The second-order valence-corrected chi connectivity index (χ2v) is 10.1. The molecule has 242 valence electrons. The maximum Gasteiger partial charge on any atom is 0.322 e. The number of imidazole rings is 1. The zero-order valence-electron chi connectivity index (χ0n) is 28.0. The normalized spacial score (nSPS) is 15.4. The number of fused-ring (bicyclic) bond motifs is 1. The Morgan fingerprint density at radius 3 is 2.33 bits per heavy atom. The largest absolute Gasteiger partial charge is 0.497 e. The monoisotopic (exact) mass is 618 g/mol. The van der Waals surface area contributed by atoms with E-state index in [-0.39, 0.29) is 5.91 Å². The quantitative estimate of drug-likeness (QED) is 0.207. The van der Waals surface area contributed by atoms with Crippen LogP contribution >= 0.6 is 0 Å². The van der Waals surface area contributed by atoms with Crippen molar-refractivity contribution >= 4 is 40.7 Å². The summed E-state index contributed by atoms with van der Waals surface area (Å²) in [5, 5.41) is 7.41. The fourth-order valence-electron chi connectivity index (χ4n) is 4.20. The van der Waals surface area contributed by atoms with Gasteiger partial charge >= 0.3 is 6.03 Å². The zero-order valence-corrected chi connectivity index (χ0v) is 28.0. The van der Waals surface area contributed by atoms with Crippen LogP contribution in [0.1, 0.15) is 87.6 Å². The van der Waals surface area contributed by atoms with Gasteiger partial charge in [-0.05, 0) is 62.6 Å². The minimum Gasteiger partial charge on any atom is -0.497 e. The smallest absolute Gasteiger partial charge is 0.322 e. The fraction of sp³-hybridized carbons (Fsp3) is 0.382. The highest BCUT2D eigenvalue weighted by Crippen LogP contribution is 2.31. The van der Waals surface area contributed by atoms with Crippen molar-refractivity contribution in [2.24, 2.45) is 0 Å². The number of allylic oxidation sites excluding steroid dienone is 1. The van der Waals surface area contributed by atoms with Crippen molar-refractivity contribution < 1.29 is 23.5 Å². The molecule has 1 atom stereocenters. The summed E-state index contributed by atoms with van der Waals surface area (Å²) in [5.41, 5.74) is 3.39. The number of carbonyl (C=O) groups is 3. The Morgan fingerprint density at radius 1 is 1.11 bits per heavy atom. The predicted octanol–water partition coefficient (Wildman–Crippen LogP) is 6.60. The van der Waals surface area contributed by atoms with Crippen LogP contribution in [0.2, 0.25) is 0 Å². The van der Waals surface area contributed by atoms with Crippen LogP contribution in [-0.2, 0) is 10.3 Å². The van der Waals surface area contributed by atoms with Crippen molar-refractivity contribution in [1.29, 1.82) is 0 Å². The molecule has 1 unspecified atom stereocenters. The number of ether oxygens (including phenoxy) is 1. The maximum absolute atomic E-state index is 12.1. The van der Waals surface area contributed by atoms with Crippen LogP contribution in [0.4, 0.5) is 4.79 Å². The van der Waals surface area contributed by atoms with Crippen molar-refractivity contribution in [3.63, 3.8) is 0 Å². The van der Waals surface area contributed by atoms with E-state index in [1.165, 1.54) is 6.42 Å². The number of hydrogen-bond acceptors (Lipinski definition) is 7. The Morgan fingerprint density at radius 2 is 1.80 bits per heavy atom. The number of aryl methyl sites for hydroxylation is 2. The number of carbonyl (C=O) groups excluding carboxylic acids is 3. The van der Waals surface area contributed by atoms with Gasteiger partial charge in [-0.15, -0.1) is 0 Å². The molecule has 11 heteroatoms. The lowest BCUT2D eigenvalue weighted by Crippen LogP contribution is -2.40. The third kappa shape index (κ3) is 8.81. The van der Waals surface area contributed by atoms with Crippen molar-refractivity contribution in [2.45, 2.75) is 73.8 Å². The van der Waals surface area contributed by atoms with Crippen LogP contribution in [0.25, 0.3) is 22.9 Å². The van der Waals surface area contributed by atoms with Crippen molar-refractivity contribution in [2.75, 3.05) is 14.2 Å². The first-order valence-electron chi connectivity index (χ1n) is 15.1. The number of rotatable bonds is 6. The average molecular weight is 619 g/mol. The number of aromatic nitrogens is 3. The summed E-state index contributed by atoms with van der Waals surface area (Å²) in [7, 11) is 3.19. The number of nitrogens with zero attached hydrogens (tertiary/aromatic N) is 3. The van der Waals surface area contributed by atoms with Gasteiger partial charge in [0.25, 0.3) is 11.8 Å². The summed E-state index contributed by atoms with van der Waals surface area (Å²) in [4.78, 5) is 43.9. The van der Waals surface area contributed by atoms with E-state index in [0.717, 1.165) is 29.1 Å². The molecule has 11 nitrogen and oxygen atoms in total. The van der Waals surface area contributed by atoms with Gasteiger partial charge in [-0.25, -0.2) is 14.8 Å². The molecule has 0 aliphatic carbocycles. The molecule has 45 heavy (non-hydrogen) atoms. The summed E-state index contributed by atoms with van der Waals surface area (Å²) < 4.78 is 12.8. The molecule has 4 aromatic rings. The molecule has 5 rings (SSSR count). The molecule has 1 aliphatic rings. The third-order valence-electron chi connectivity index (χ3n) is 6.69. The van der Waals surface area contributed by atoms with Crippen molar-refractivity contribution in [3.8, 4) is 5.75 Å². The number of methoxy groups -OCH3 is 1. The molecule has 0 bridgehead atoms. The van der Waals surface area contributed by atoms with E-state index >= 15 is 0 Å². The van der Waals surface area contributed by atoms with Gasteiger partial charge in [-0.3, -0.25) is 14.9 Å². The highest BCUT2D eigenvalue weighted by molar-refractivity contribution is 6.07. The average Bonchev–Trinajstić information content (AvgIpc) is 3.73. The summed E-state index contributed by atoms with van der Waals surface area (Å²) in [6.07, 6.45) is 7.68. The molecule has 0 saturated carbocycles. The lowest BCUT2D eigenvalue weighted by Gasteiger charge is -2.16. The van der Waals surface area contributed by atoms with Gasteiger partial charge in [0.15, 0.2) is 11.1 Å². The Balaban J connectivity index is 0.000000329. The van der Waals surface area contributed by atoms with Crippen LogP contribution in [0.5, 0.6) is 5.75 Å². The lowest BCUT2D eigenvalue weighted by atomic mass is 10.00. The molecule has 1 aliphatic heterocycles. The van der Waals surface area contributed by atoms with Crippen LogP contribution in [0, 0.1) is 13.8 Å². The first-order chi connectivity index (χ1) is 21.5. The second kappa shape index (κ2) is 16.8. The second-order valence-electron chi connectivity index (χ2n) is 10.1. The van der Waals surface area contributed by atoms with E-state index < -0.39 is 17.5 Å². The number of amides is 4. The number of benzene rings is 1. The highest BCUT2D eigenvalue weighted by Gasteiger charge is 2.46. The van der Waals surface area contributed by atoms with E-state index in [0.29, 0.717) is 28.2 Å². The number of hydrogen-bond donors (Lipinski definition) is 3. The SMILES string of the molecule is CC.CC/C(=C\n1ccnc1C)c1ccc2oc(C3(C)NC(=O)NC3=O)cc2n1.CCC.CNC(=O)c1cc(OC)ccc1C. The number of nitrogens with one attached hydrogen (secondary N) is 3. The van der Waals surface area contributed by atoms with Gasteiger partial charge in [0.1, 0.15) is 22.9 Å². The summed E-state index contributed by atoms with van der Waals surface area (Å²) in [6.45, 7) is 15.7. The Hall–Kier alpha value is -4.93. The number of imide groups is 1. The van der Waals surface area contributed by atoms with Crippen molar-refractivity contribution in [3.05, 3.63) is 77.2 Å². The Bertz CT molecular complexity index is 1640. The van der Waals surface area contributed by atoms with E-state index in [9.17, 15) is 14.4 Å². The summed E-state index contributed by atoms with van der Waals surface area (Å²) in [5.74, 6) is 1.40. The molecule has 3 N–H and O–H groups in total. The van der Waals surface area contributed by atoms with Crippen LogP contribution in [-0.4, -0.2) is 46.5 Å². The van der Waals surface area contributed by atoms with E-state index in [2.05, 4.69) is 46.7 Å². The molecule has 0 spiro atoms. The lowest BCUT2D eigenvalue weighted by molar-refractivity contribution is -0.124. The maximum atomic E-state index is 12.1. The molecule has 3 aromatic heterocycles. The highest BCUT2D eigenvalue weighted by atomic mass is 16.5. The summed E-state index contributed by atoms with van der Waals surface area (Å²) in [6, 6.07) is 10.3. The first-order valence-corrected chi connectivity index (χ1v) is 15.1. The van der Waals surface area contributed by atoms with Gasteiger partial charge in [-0.2, -0.15) is 0 Å². The molecular weight excluding hydrogens is 572 g/mol. The van der Waals surface area contributed by atoms with Gasteiger partial charge < -0.3 is 24.4 Å². The summed E-state index contributed by atoms with van der Waals surface area (Å²) >= 11 is 0. The predicted molar refractivity (Wildman–Crippen MR) is 178 cm³/mol. The molecule has 1 aromatic carbocycles. The van der Waals surface area contributed by atoms with E-state index in [1.54, 1.807) is 39.4 Å². The fourth-order valence-corrected chi connectivity index (χ4v) is 4.20. The minimum atomic E-state index is -1.24. The Labute approximate surface area is 265 Å². The number of furan rings is 1. The topological polar surface area (TPSA) is 140 Å². The van der Waals surface area contributed by atoms with Crippen molar-refractivity contribution in [1.82, 2.24) is 30.5 Å². The van der Waals surface area contributed by atoms with E-state index in [4.69, 9.17) is 9.15 Å². The zero-order chi connectivity index (χ0) is 33.7. The molecular formula is C34H46N6O5. The van der Waals surface area contributed by atoms with Gasteiger partial charge in [-0.1, -0.05) is 47.1 Å². The number of pyridine rings is 1. The number of urea groups is 1. The molecule has 1 fully saturated rings. The van der Waals surface area contributed by atoms with Crippen LogP contribution in [0.15, 0.2) is 53.2 Å². The minimum absolute atomic E-state index is 0.0867. The first kappa shape index (κ1) is 36.3.